The van der Waals surface area contributed by atoms with E-state index in [9.17, 15) is 14.4 Å². The van der Waals surface area contributed by atoms with Crippen LogP contribution >= 0.6 is 23.1 Å². The van der Waals surface area contributed by atoms with E-state index in [4.69, 9.17) is 0 Å². The van der Waals surface area contributed by atoms with E-state index < -0.39 is 0 Å². The fraction of sp³-hybridized carbons (Fsp3) is 0.250. The Morgan fingerprint density at radius 1 is 1.20 bits per heavy atom. The topological polar surface area (TPSA) is 97.4 Å². The first-order valence-corrected chi connectivity index (χ1v) is 9.14. The number of benzene rings is 1. The second-order valence-corrected chi connectivity index (χ2v) is 6.85. The fourth-order valence-electron chi connectivity index (χ4n) is 1.81. The average molecular weight is 379 g/mol. The van der Waals surface area contributed by atoms with Crippen molar-refractivity contribution in [1.82, 2.24) is 4.98 Å². The standard InChI is InChI=1S/C16H17N3O4S2/c1-10(20)17-11-3-5-13(6-4-11)24-9-14(21)19-16-18-12(8-25-16)7-15(22)23-2/h3-6,8H,7,9H2,1-2H3,(H,17,20)(H,18,19,21). The van der Waals surface area contributed by atoms with Gasteiger partial charge in [0.05, 0.1) is 25.0 Å². The van der Waals surface area contributed by atoms with Gasteiger partial charge in [0, 0.05) is 22.9 Å². The molecule has 0 radical (unpaired) electrons. The molecule has 0 atom stereocenters. The number of ether oxygens (including phenoxy) is 1. The van der Waals surface area contributed by atoms with E-state index >= 15 is 0 Å². The third kappa shape index (κ3) is 6.55. The highest BCUT2D eigenvalue weighted by atomic mass is 32.2. The first-order chi connectivity index (χ1) is 12.0. The number of aromatic nitrogens is 1. The number of esters is 1. The van der Waals surface area contributed by atoms with Crippen LogP contribution in [0, 0.1) is 0 Å². The van der Waals surface area contributed by atoms with Crippen LogP contribution in [0.25, 0.3) is 0 Å². The van der Waals surface area contributed by atoms with Gasteiger partial charge in [-0.3, -0.25) is 14.4 Å². The van der Waals surface area contributed by atoms with E-state index in [2.05, 4.69) is 20.4 Å². The Kier molecular flexibility index (Phi) is 6.96. The molecule has 2 amide bonds. The molecular formula is C16H17N3O4S2. The van der Waals surface area contributed by atoms with E-state index in [-0.39, 0.29) is 30.0 Å². The minimum Gasteiger partial charge on any atom is -0.469 e. The summed E-state index contributed by atoms with van der Waals surface area (Å²) in [5.74, 6) is -0.461. The molecule has 0 saturated carbocycles. The van der Waals surface area contributed by atoms with Crippen LogP contribution in [-0.2, 0) is 25.5 Å². The number of carbonyl (C=O) groups is 3. The average Bonchev–Trinajstić information content (AvgIpc) is 3.00. The summed E-state index contributed by atoms with van der Waals surface area (Å²) in [5, 5.41) is 7.54. The Labute approximate surface area is 153 Å². The van der Waals surface area contributed by atoms with Crippen molar-refractivity contribution >= 4 is 51.7 Å². The van der Waals surface area contributed by atoms with Crippen molar-refractivity contribution in [3.8, 4) is 0 Å². The van der Waals surface area contributed by atoms with Crippen LogP contribution in [0.5, 0.6) is 0 Å². The van der Waals surface area contributed by atoms with Crippen molar-refractivity contribution in [2.75, 3.05) is 23.5 Å². The molecule has 0 fully saturated rings. The van der Waals surface area contributed by atoms with Crippen molar-refractivity contribution < 1.29 is 19.1 Å². The van der Waals surface area contributed by atoms with Crippen molar-refractivity contribution in [3.05, 3.63) is 35.3 Å². The van der Waals surface area contributed by atoms with E-state index in [1.807, 2.05) is 12.1 Å². The zero-order chi connectivity index (χ0) is 18.2. The van der Waals surface area contributed by atoms with Crippen LogP contribution in [-0.4, -0.2) is 35.6 Å². The molecule has 0 bridgehead atoms. The van der Waals surface area contributed by atoms with Crippen LogP contribution in [0.15, 0.2) is 34.5 Å². The number of carbonyl (C=O) groups excluding carboxylic acids is 3. The van der Waals surface area contributed by atoms with Gasteiger partial charge in [-0.25, -0.2) is 4.98 Å². The van der Waals surface area contributed by atoms with Crippen molar-refractivity contribution in [1.29, 1.82) is 0 Å². The zero-order valence-corrected chi connectivity index (χ0v) is 15.3. The molecule has 9 heteroatoms. The van der Waals surface area contributed by atoms with Crippen LogP contribution in [0.2, 0.25) is 0 Å². The molecule has 0 unspecified atom stereocenters. The number of thiazole rings is 1. The van der Waals surface area contributed by atoms with Crippen LogP contribution in [0.3, 0.4) is 0 Å². The second kappa shape index (κ2) is 9.19. The van der Waals surface area contributed by atoms with Gasteiger partial charge in [-0.15, -0.1) is 23.1 Å². The number of hydrogen-bond acceptors (Lipinski definition) is 7. The maximum atomic E-state index is 12.0. The summed E-state index contributed by atoms with van der Waals surface area (Å²) in [7, 11) is 1.32. The first-order valence-electron chi connectivity index (χ1n) is 7.28. The van der Waals surface area contributed by atoms with Crippen LogP contribution in [0.1, 0.15) is 12.6 Å². The largest absolute Gasteiger partial charge is 0.469 e. The number of thioether (sulfide) groups is 1. The minimum absolute atomic E-state index is 0.0816. The molecular weight excluding hydrogens is 362 g/mol. The Bertz CT molecular complexity index is 759. The molecule has 25 heavy (non-hydrogen) atoms. The summed E-state index contributed by atoms with van der Waals surface area (Å²) >= 11 is 2.63. The lowest BCUT2D eigenvalue weighted by Gasteiger charge is -2.04. The van der Waals surface area contributed by atoms with Crippen molar-refractivity contribution in [3.63, 3.8) is 0 Å². The molecule has 0 aliphatic carbocycles. The Morgan fingerprint density at radius 3 is 2.56 bits per heavy atom. The van der Waals surface area contributed by atoms with Gasteiger partial charge in [0.2, 0.25) is 11.8 Å². The van der Waals surface area contributed by atoms with Gasteiger partial charge in [-0.2, -0.15) is 0 Å². The van der Waals surface area contributed by atoms with E-state index in [0.29, 0.717) is 16.5 Å². The number of anilines is 2. The summed E-state index contributed by atoms with van der Waals surface area (Å²) in [5.41, 5.74) is 1.27. The predicted octanol–water partition coefficient (Wildman–Crippen LogP) is 2.55. The molecule has 1 heterocycles. The summed E-state index contributed by atoms with van der Waals surface area (Å²) in [4.78, 5) is 39.2. The predicted molar refractivity (Wildman–Crippen MR) is 97.9 cm³/mol. The third-order valence-corrected chi connectivity index (χ3v) is 4.71. The summed E-state index contributed by atoms with van der Waals surface area (Å²) in [6, 6.07) is 7.23. The second-order valence-electron chi connectivity index (χ2n) is 4.94. The summed E-state index contributed by atoms with van der Waals surface area (Å²) < 4.78 is 4.57. The molecule has 2 aromatic rings. The van der Waals surface area contributed by atoms with Gasteiger partial charge in [0.1, 0.15) is 0 Å². The van der Waals surface area contributed by atoms with E-state index in [0.717, 1.165) is 4.90 Å². The van der Waals surface area contributed by atoms with Gasteiger partial charge < -0.3 is 15.4 Å². The fourth-order valence-corrected chi connectivity index (χ4v) is 3.23. The summed E-state index contributed by atoms with van der Waals surface area (Å²) in [6.07, 6.45) is 0.0816. The number of amides is 2. The summed E-state index contributed by atoms with van der Waals surface area (Å²) in [6.45, 7) is 1.45. The molecule has 0 spiro atoms. The maximum Gasteiger partial charge on any atom is 0.311 e. The third-order valence-electron chi connectivity index (χ3n) is 2.90. The number of nitrogens with zero attached hydrogens (tertiary/aromatic N) is 1. The lowest BCUT2D eigenvalue weighted by Crippen LogP contribution is -2.14. The number of nitrogens with one attached hydrogen (secondary N) is 2. The minimum atomic E-state index is -0.374. The molecule has 1 aromatic carbocycles. The molecule has 0 aliphatic rings. The van der Waals surface area contributed by atoms with Crippen molar-refractivity contribution in [2.24, 2.45) is 0 Å². The molecule has 0 aliphatic heterocycles. The molecule has 1 aromatic heterocycles. The number of hydrogen-bond donors (Lipinski definition) is 2. The molecule has 132 valence electrons. The zero-order valence-electron chi connectivity index (χ0n) is 13.7. The first kappa shape index (κ1) is 18.9. The highest BCUT2D eigenvalue weighted by Gasteiger charge is 2.10. The normalized spacial score (nSPS) is 10.2. The van der Waals surface area contributed by atoms with E-state index in [1.54, 1.807) is 17.5 Å². The van der Waals surface area contributed by atoms with Gasteiger partial charge in [-0.05, 0) is 24.3 Å². The van der Waals surface area contributed by atoms with E-state index in [1.165, 1.54) is 37.1 Å². The Morgan fingerprint density at radius 2 is 1.92 bits per heavy atom. The molecule has 2 rings (SSSR count). The number of methoxy groups -OCH3 is 1. The van der Waals surface area contributed by atoms with Gasteiger partial charge >= 0.3 is 5.97 Å². The number of rotatable bonds is 7. The quantitative estimate of drug-likeness (QED) is 0.567. The SMILES string of the molecule is COC(=O)Cc1csc(NC(=O)CSc2ccc(NC(C)=O)cc2)n1. The maximum absolute atomic E-state index is 12.0. The highest BCUT2D eigenvalue weighted by Crippen LogP contribution is 2.21. The monoisotopic (exact) mass is 379 g/mol. The van der Waals surface area contributed by atoms with Crippen LogP contribution in [0.4, 0.5) is 10.8 Å². The Hall–Kier alpha value is -2.39. The molecule has 2 N–H and O–H groups in total. The highest BCUT2D eigenvalue weighted by molar-refractivity contribution is 8.00. The van der Waals surface area contributed by atoms with Gasteiger partial charge in [-0.1, -0.05) is 0 Å². The lowest BCUT2D eigenvalue weighted by atomic mass is 10.3. The van der Waals surface area contributed by atoms with Crippen molar-refractivity contribution in [2.45, 2.75) is 18.2 Å². The lowest BCUT2D eigenvalue weighted by molar-refractivity contribution is -0.139. The van der Waals surface area contributed by atoms with Gasteiger partial charge in [0.15, 0.2) is 5.13 Å². The van der Waals surface area contributed by atoms with Crippen LogP contribution < -0.4 is 10.6 Å². The smallest absolute Gasteiger partial charge is 0.311 e. The Balaban J connectivity index is 1.80. The van der Waals surface area contributed by atoms with Gasteiger partial charge in [0.25, 0.3) is 0 Å². The molecule has 0 saturated heterocycles. The molecule has 7 nitrogen and oxygen atoms in total.